The minimum atomic E-state index is -5.42. The van der Waals surface area contributed by atoms with Crippen LogP contribution in [0.25, 0.3) is 0 Å². The predicted molar refractivity (Wildman–Crippen MR) is 45.4 cm³/mol. The van der Waals surface area contributed by atoms with Gasteiger partial charge < -0.3 is 0 Å². The van der Waals surface area contributed by atoms with E-state index in [1.165, 1.54) is 0 Å². The fourth-order valence-corrected chi connectivity index (χ4v) is 0.601. The molecule has 0 aliphatic rings. The molecule has 0 atom stereocenters. The predicted octanol–water partition coefficient (Wildman–Crippen LogP) is 3.92. The molecule has 0 aromatic heterocycles. The Kier molecular flexibility index (Phi) is 7.68. The fraction of sp³-hybridized carbons (Fsp3) is 1.00. The van der Waals surface area contributed by atoms with Crippen LogP contribution in [0.5, 0.6) is 0 Å². The van der Waals surface area contributed by atoms with Crippen LogP contribution < -0.4 is 0 Å². The summed E-state index contributed by atoms with van der Waals surface area (Å²) in [6, 6.07) is 0. The second-order valence-corrected chi connectivity index (χ2v) is 2.48. The summed E-state index contributed by atoms with van der Waals surface area (Å²) in [7, 11) is 0. The Balaban J connectivity index is 0. The van der Waals surface area contributed by atoms with Gasteiger partial charge in [-0.1, -0.05) is 13.8 Å². The molecule has 6 heteroatoms. The molecule has 0 N–H and O–H groups in total. The Morgan fingerprint density at radius 3 is 1.62 bits per heavy atom. The van der Waals surface area contributed by atoms with E-state index in [1.54, 1.807) is 0 Å². The first-order valence-electron chi connectivity index (χ1n) is 3.86. The summed E-state index contributed by atoms with van der Waals surface area (Å²) >= 11 is 3.53. The van der Waals surface area contributed by atoms with Crippen LogP contribution in [0.3, 0.4) is 0 Å². The van der Waals surface area contributed by atoms with Crippen molar-refractivity contribution in [3.05, 3.63) is 0 Å². The number of halogens is 5. The van der Waals surface area contributed by atoms with Crippen LogP contribution in [0, 0.1) is 0 Å². The summed E-state index contributed by atoms with van der Waals surface area (Å²) in [5.41, 5.74) is 0. The molecule has 0 unspecified atom stereocenters. The molecule has 0 saturated carbocycles. The maximum atomic E-state index is 12.0. The van der Waals surface area contributed by atoms with Crippen molar-refractivity contribution in [1.82, 2.24) is 0 Å². The SMILES string of the molecule is CC.FC(F)(F)C(F)(F)CCCS. The monoisotopic (exact) mass is 224 g/mol. The van der Waals surface area contributed by atoms with E-state index < -0.39 is 18.5 Å². The highest BCUT2D eigenvalue weighted by atomic mass is 32.1. The van der Waals surface area contributed by atoms with Gasteiger partial charge in [-0.2, -0.15) is 34.6 Å². The summed E-state index contributed by atoms with van der Waals surface area (Å²) in [5.74, 6) is -4.53. The van der Waals surface area contributed by atoms with Gasteiger partial charge in [0.05, 0.1) is 0 Å². The van der Waals surface area contributed by atoms with E-state index in [9.17, 15) is 22.0 Å². The molecule has 0 nitrogen and oxygen atoms in total. The molecule has 0 radical (unpaired) electrons. The molecule has 0 amide bonds. The molecular formula is C7H13F5S. The van der Waals surface area contributed by atoms with E-state index in [1.807, 2.05) is 13.8 Å². The molecule has 13 heavy (non-hydrogen) atoms. The van der Waals surface area contributed by atoms with Gasteiger partial charge in [0.25, 0.3) is 0 Å². The Bertz CT molecular complexity index is 121. The van der Waals surface area contributed by atoms with Crippen LogP contribution in [-0.4, -0.2) is 17.9 Å². The third-order valence-electron chi connectivity index (χ3n) is 1.06. The minimum absolute atomic E-state index is 0.0334. The summed E-state index contributed by atoms with van der Waals surface area (Å²) in [6.45, 7) is 4.00. The van der Waals surface area contributed by atoms with Gasteiger partial charge in [0, 0.05) is 6.42 Å². The summed E-state index contributed by atoms with van der Waals surface area (Å²) < 4.78 is 58.1. The van der Waals surface area contributed by atoms with E-state index in [0.717, 1.165) is 0 Å². The van der Waals surface area contributed by atoms with Gasteiger partial charge in [-0.25, -0.2) is 0 Å². The maximum Gasteiger partial charge on any atom is 0.453 e. The minimum Gasteiger partial charge on any atom is -0.196 e. The number of hydrogen-bond acceptors (Lipinski definition) is 1. The highest BCUT2D eigenvalue weighted by molar-refractivity contribution is 7.80. The molecule has 0 saturated heterocycles. The van der Waals surface area contributed by atoms with Crippen LogP contribution in [0.1, 0.15) is 26.7 Å². The molecule has 0 rings (SSSR count). The molecule has 0 bridgehead atoms. The van der Waals surface area contributed by atoms with Crippen molar-refractivity contribution >= 4 is 12.6 Å². The molecule has 0 heterocycles. The van der Waals surface area contributed by atoms with Crippen LogP contribution in [0.4, 0.5) is 22.0 Å². The zero-order valence-electron chi connectivity index (χ0n) is 7.46. The molecule has 0 aliphatic heterocycles. The summed E-state index contributed by atoms with van der Waals surface area (Å²) in [4.78, 5) is 0. The van der Waals surface area contributed by atoms with Crippen LogP contribution in [0.2, 0.25) is 0 Å². The smallest absolute Gasteiger partial charge is 0.196 e. The van der Waals surface area contributed by atoms with Gasteiger partial charge in [0.2, 0.25) is 0 Å². The van der Waals surface area contributed by atoms with Crippen molar-refractivity contribution in [2.24, 2.45) is 0 Å². The highest BCUT2D eigenvalue weighted by Gasteiger charge is 2.56. The van der Waals surface area contributed by atoms with Crippen LogP contribution in [0.15, 0.2) is 0 Å². The third-order valence-corrected chi connectivity index (χ3v) is 1.38. The average Bonchev–Trinajstić information content (AvgIpc) is 2.03. The molecule has 0 spiro atoms. The normalized spacial score (nSPS) is 12.0. The van der Waals surface area contributed by atoms with Crippen molar-refractivity contribution in [3.8, 4) is 0 Å². The van der Waals surface area contributed by atoms with E-state index in [2.05, 4.69) is 12.6 Å². The molecule has 0 aromatic rings. The molecular weight excluding hydrogens is 211 g/mol. The second kappa shape index (κ2) is 6.45. The van der Waals surface area contributed by atoms with Gasteiger partial charge in [0.1, 0.15) is 0 Å². The first-order chi connectivity index (χ1) is 5.81. The zero-order chi connectivity index (χ0) is 11.1. The first-order valence-corrected chi connectivity index (χ1v) is 4.50. The van der Waals surface area contributed by atoms with Gasteiger partial charge in [-0.3, -0.25) is 0 Å². The van der Waals surface area contributed by atoms with E-state index >= 15 is 0 Å². The summed E-state index contributed by atoms with van der Waals surface area (Å²) in [5, 5.41) is 0. The van der Waals surface area contributed by atoms with Crippen molar-refractivity contribution in [3.63, 3.8) is 0 Å². The highest BCUT2D eigenvalue weighted by Crippen LogP contribution is 2.38. The van der Waals surface area contributed by atoms with Crippen molar-refractivity contribution in [1.29, 1.82) is 0 Å². The van der Waals surface area contributed by atoms with Crippen LogP contribution >= 0.6 is 12.6 Å². The Morgan fingerprint density at radius 2 is 1.38 bits per heavy atom. The quantitative estimate of drug-likeness (QED) is 0.545. The van der Waals surface area contributed by atoms with Crippen LogP contribution in [-0.2, 0) is 0 Å². The van der Waals surface area contributed by atoms with E-state index in [0.29, 0.717) is 0 Å². The van der Waals surface area contributed by atoms with Gasteiger partial charge in [0.15, 0.2) is 0 Å². The topological polar surface area (TPSA) is 0 Å². The summed E-state index contributed by atoms with van der Waals surface area (Å²) in [6.07, 6.45) is -6.84. The first kappa shape index (κ1) is 15.5. The van der Waals surface area contributed by atoms with Gasteiger partial charge in [-0.15, -0.1) is 0 Å². The maximum absolute atomic E-state index is 12.0. The average molecular weight is 224 g/mol. The number of rotatable bonds is 3. The number of hydrogen-bond donors (Lipinski definition) is 1. The zero-order valence-corrected chi connectivity index (χ0v) is 8.35. The number of alkyl halides is 5. The Labute approximate surface area is 79.9 Å². The standard InChI is InChI=1S/C5H7F5S.C2H6/c6-4(7,2-1-3-11)5(8,9)10;1-2/h11H,1-3H2;1-2H3. The second-order valence-electron chi connectivity index (χ2n) is 2.03. The fourth-order valence-electron chi connectivity index (χ4n) is 0.443. The molecule has 0 aliphatic carbocycles. The number of thiol groups is 1. The Morgan fingerprint density at radius 1 is 1.00 bits per heavy atom. The molecule has 82 valence electrons. The molecule has 0 fully saturated rings. The van der Waals surface area contributed by atoms with E-state index in [4.69, 9.17) is 0 Å². The van der Waals surface area contributed by atoms with Crippen molar-refractivity contribution < 1.29 is 22.0 Å². The van der Waals surface area contributed by atoms with Gasteiger partial charge in [-0.05, 0) is 12.2 Å². The third kappa shape index (κ3) is 6.12. The van der Waals surface area contributed by atoms with E-state index in [-0.39, 0.29) is 12.2 Å². The van der Waals surface area contributed by atoms with Gasteiger partial charge >= 0.3 is 12.1 Å². The largest absolute Gasteiger partial charge is 0.453 e. The lowest BCUT2D eigenvalue weighted by Gasteiger charge is -2.18. The lowest BCUT2D eigenvalue weighted by molar-refractivity contribution is -0.284. The van der Waals surface area contributed by atoms with Crippen molar-refractivity contribution in [2.45, 2.75) is 38.8 Å². The van der Waals surface area contributed by atoms with Crippen molar-refractivity contribution in [2.75, 3.05) is 5.75 Å². The lowest BCUT2D eigenvalue weighted by Crippen LogP contribution is -2.36. The molecule has 0 aromatic carbocycles. The Hall–Kier alpha value is -0.0000000000000000555. The lowest BCUT2D eigenvalue weighted by atomic mass is 10.2.